The van der Waals surface area contributed by atoms with E-state index in [1.165, 1.54) is 6.92 Å². The van der Waals surface area contributed by atoms with Gasteiger partial charge in [0.25, 0.3) is 11.8 Å². The first-order valence-corrected chi connectivity index (χ1v) is 9.58. The number of rotatable bonds is 7. The maximum atomic E-state index is 12.9. The molecule has 0 saturated carbocycles. The summed E-state index contributed by atoms with van der Waals surface area (Å²) in [5.74, 6) is 0.00348. The lowest BCUT2D eigenvalue weighted by molar-refractivity contribution is -0.136. The van der Waals surface area contributed by atoms with Gasteiger partial charge in [0.1, 0.15) is 5.03 Å². The monoisotopic (exact) mass is 428 g/mol. The van der Waals surface area contributed by atoms with Crippen LogP contribution in [-0.4, -0.2) is 43.4 Å². The topological polar surface area (TPSA) is 84.9 Å². The number of anilines is 1. The summed E-state index contributed by atoms with van der Waals surface area (Å²) in [6, 6.07) is 12.0. The number of amides is 3. The number of nitrogens with zero attached hydrogens (tertiary/aromatic N) is 1. The largest absolute Gasteiger partial charge is 0.493 e. The molecule has 2 aromatic rings. The van der Waals surface area contributed by atoms with E-state index in [0.29, 0.717) is 29.2 Å². The Bertz CT molecular complexity index is 1030. The van der Waals surface area contributed by atoms with Crippen molar-refractivity contribution >= 4 is 40.6 Å². The van der Waals surface area contributed by atoms with Crippen molar-refractivity contribution in [3.63, 3.8) is 0 Å². The summed E-state index contributed by atoms with van der Waals surface area (Å²) in [4.78, 5) is 37.7. The van der Waals surface area contributed by atoms with Crippen LogP contribution < -0.4 is 14.8 Å². The van der Waals surface area contributed by atoms with Gasteiger partial charge in [-0.15, -0.1) is 0 Å². The fraction of sp³-hybridized carbons (Fsp3) is 0.227. The van der Waals surface area contributed by atoms with Crippen LogP contribution in [0, 0.1) is 0 Å². The van der Waals surface area contributed by atoms with E-state index in [9.17, 15) is 14.4 Å². The van der Waals surface area contributed by atoms with E-state index in [-0.39, 0.29) is 23.1 Å². The molecule has 0 fully saturated rings. The van der Waals surface area contributed by atoms with Crippen LogP contribution in [0.2, 0.25) is 0 Å². The van der Waals surface area contributed by atoms with Crippen molar-refractivity contribution in [3.05, 3.63) is 58.6 Å². The van der Waals surface area contributed by atoms with Crippen LogP contribution in [-0.2, 0) is 20.8 Å². The van der Waals surface area contributed by atoms with E-state index in [2.05, 4.69) is 5.32 Å². The van der Waals surface area contributed by atoms with Gasteiger partial charge in [-0.1, -0.05) is 29.8 Å². The Morgan fingerprint density at radius 3 is 2.27 bits per heavy atom. The van der Waals surface area contributed by atoms with Gasteiger partial charge in [-0.3, -0.25) is 19.3 Å². The molecular formula is C22H21ClN2O5. The maximum Gasteiger partial charge on any atom is 0.273 e. The van der Waals surface area contributed by atoms with Gasteiger partial charge in [0.2, 0.25) is 5.91 Å². The Balaban J connectivity index is 1.74. The molecule has 1 heterocycles. The molecule has 8 heteroatoms. The summed E-state index contributed by atoms with van der Waals surface area (Å²) >= 11 is 6.21. The predicted molar refractivity (Wildman–Crippen MR) is 113 cm³/mol. The molecule has 0 saturated heterocycles. The van der Waals surface area contributed by atoms with Gasteiger partial charge in [-0.05, 0) is 41.8 Å². The number of hydrogen-bond acceptors (Lipinski definition) is 5. The van der Waals surface area contributed by atoms with Gasteiger partial charge in [0, 0.05) is 19.2 Å². The molecule has 0 unspecified atom stereocenters. The van der Waals surface area contributed by atoms with Crippen molar-refractivity contribution in [2.45, 2.75) is 13.3 Å². The van der Waals surface area contributed by atoms with E-state index >= 15 is 0 Å². The summed E-state index contributed by atoms with van der Waals surface area (Å²) in [6.45, 7) is 1.58. The Kier molecular flexibility index (Phi) is 6.42. The molecule has 0 aromatic heterocycles. The zero-order chi connectivity index (χ0) is 21.8. The minimum absolute atomic E-state index is 0.111. The number of carbonyl (C=O) groups is 3. The van der Waals surface area contributed by atoms with Crippen LogP contribution in [0.25, 0.3) is 5.57 Å². The van der Waals surface area contributed by atoms with Crippen LogP contribution in [0.3, 0.4) is 0 Å². The fourth-order valence-corrected chi connectivity index (χ4v) is 3.49. The van der Waals surface area contributed by atoms with Gasteiger partial charge < -0.3 is 14.8 Å². The number of nitrogens with one attached hydrogen (secondary N) is 1. The number of halogens is 1. The number of hydrogen-bond donors (Lipinski definition) is 1. The predicted octanol–water partition coefficient (Wildman–Crippen LogP) is 3.22. The number of methoxy groups -OCH3 is 2. The van der Waals surface area contributed by atoms with E-state index in [4.69, 9.17) is 21.1 Å². The smallest absolute Gasteiger partial charge is 0.273 e. The molecular weight excluding hydrogens is 408 g/mol. The first kappa shape index (κ1) is 21.4. The molecule has 0 aliphatic carbocycles. The highest BCUT2D eigenvalue weighted by molar-refractivity contribution is 6.55. The van der Waals surface area contributed by atoms with Crippen LogP contribution in [0.15, 0.2) is 47.5 Å². The van der Waals surface area contributed by atoms with Gasteiger partial charge in [-0.2, -0.15) is 0 Å². The lowest BCUT2D eigenvalue weighted by atomic mass is 10.1. The maximum absolute atomic E-state index is 12.9. The Morgan fingerprint density at radius 2 is 1.67 bits per heavy atom. The standard InChI is InChI=1S/C22H21ClN2O5/c1-13(26)24-16-7-5-15(6-8-16)19-20(23)22(28)25(21(19)27)11-10-14-4-9-17(29-2)18(12-14)30-3/h4-9,12H,10-11H2,1-3H3,(H,24,26). The minimum Gasteiger partial charge on any atom is -0.493 e. The molecule has 0 bridgehead atoms. The van der Waals surface area contributed by atoms with Crippen molar-refractivity contribution in [2.24, 2.45) is 0 Å². The molecule has 3 rings (SSSR count). The molecule has 0 atom stereocenters. The summed E-state index contributed by atoms with van der Waals surface area (Å²) < 4.78 is 10.5. The van der Waals surface area contributed by atoms with Gasteiger partial charge in [0.15, 0.2) is 11.5 Å². The molecule has 30 heavy (non-hydrogen) atoms. The van der Waals surface area contributed by atoms with Crippen molar-refractivity contribution in [3.8, 4) is 11.5 Å². The number of benzene rings is 2. The lowest BCUT2D eigenvalue weighted by Crippen LogP contribution is -2.33. The number of carbonyl (C=O) groups excluding carboxylic acids is 3. The van der Waals surface area contributed by atoms with Crippen molar-refractivity contribution in [2.75, 3.05) is 26.1 Å². The van der Waals surface area contributed by atoms with Crippen molar-refractivity contribution in [1.29, 1.82) is 0 Å². The zero-order valence-corrected chi connectivity index (χ0v) is 17.6. The van der Waals surface area contributed by atoms with Crippen LogP contribution in [0.1, 0.15) is 18.1 Å². The van der Waals surface area contributed by atoms with Crippen molar-refractivity contribution < 1.29 is 23.9 Å². The SMILES string of the molecule is COc1ccc(CCN2C(=O)C(Cl)=C(c3ccc(NC(C)=O)cc3)C2=O)cc1OC. The van der Waals surface area contributed by atoms with Gasteiger partial charge >= 0.3 is 0 Å². The van der Waals surface area contributed by atoms with E-state index < -0.39 is 11.8 Å². The minimum atomic E-state index is -0.525. The molecule has 156 valence electrons. The Morgan fingerprint density at radius 1 is 1.00 bits per heavy atom. The second kappa shape index (κ2) is 9.00. The third-order valence-electron chi connectivity index (χ3n) is 4.68. The quantitative estimate of drug-likeness (QED) is 0.684. The molecule has 2 aromatic carbocycles. The van der Waals surface area contributed by atoms with E-state index in [0.717, 1.165) is 10.5 Å². The molecule has 1 aliphatic rings. The van der Waals surface area contributed by atoms with Gasteiger partial charge in [-0.25, -0.2) is 0 Å². The summed E-state index contributed by atoms with van der Waals surface area (Å²) in [6.07, 6.45) is 0.441. The molecule has 1 N–H and O–H groups in total. The van der Waals surface area contributed by atoms with E-state index in [1.807, 2.05) is 6.07 Å². The van der Waals surface area contributed by atoms with Crippen LogP contribution >= 0.6 is 11.6 Å². The third-order valence-corrected chi connectivity index (χ3v) is 5.03. The first-order valence-electron chi connectivity index (χ1n) is 9.20. The van der Waals surface area contributed by atoms with Crippen LogP contribution in [0.5, 0.6) is 11.5 Å². The summed E-state index contributed by atoms with van der Waals surface area (Å²) in [7, 11) is 3.10. The molecule has 0 radical (unpaired) electrons. The van der Waals surface area contributed by atoms with E-state index in [1.54, 1.807) is 50.6 Å². The zero-order valence-electron chi connectivity index (χ0n) is 16.8. The Labute approximate surface area is 179 Å². The van der Waals surface area contributed by atoms with Gasteiger partial charge in [0.05, 0.1) is 19.8 Å². The molecule has 3 amide bonds. The fourth-order valence-electron chi connectivity index (χ4n) is 3.20. The third kappa shape index (κ3) is 4.31. The average molecular weight is 429 g/mol. The first-order chi connectivity index (χ1) is 14.3. The summed E-state index contributed by atoms with van der Waals surface area (Å²) in [5, 5.41) is 2.54. The highest BCUT2D eigenvalue weighted by Crippen LogP contribution is 2.33. The molecule has 1 aliphatic heterocycles. The molecule has 7 nitrogen and oxygen atoms in total. The second-order valence-electron chi connectivity index (χ2n) is 6.65. The highest BCUT2D eigenvalue weighted by Gasteiger charge is 2.37. The normalized spacial score (nSPS) is 13.7. The number of ether oxygens (including phenoxy) is 2. The lowest BCUT2D eigenvalue weighted by Gasteiger charge is -2.16. The average Bonchev–Trinajstić information content (AvgIpc) is 2.94. The van der Waals surface area contributed by atoms with Crippen molar-refractivity contribution in [1.82, 2.24) is 4.90 Å². The second-order valence-corrected chi connectivity index (χ2v) is 7.03. The Hall–Kier alpha value is -3.32. The highest BCUT2D eigenvalue weighted by atomic mass is 35.5. The summed E-state index contributed by atoms with van der Waals surface area (Å²) in [5.41, 5.74) is 2.15. The number of imide groups is 1. The van der Waals surface area contributed by atoms with Crippen LogP contribution in [0.4, 0.5) is 5.69 Å². The molecule has 0 spiro atoms.